The maximum Gasteiger partial charge on any atom is 0.456 e. The molecule has 1 amide bonds. The lowest BCUT2D eigenvalue weighted by atomic mass is 9.79. The first-order chi connectivity index (χ1) is 17.9. The molecule has 0 saturated carbocycles. The van der Waals surface area contributed by atoms with Gasteiger partial charge in [0.25, 0.3) is 11.7 Å². The van der Waals surface area contributed by atoms with Crippen molar-refractivity contribution in [1.29, 1.82) is 0 Å². The Morgan fingerprint density at radius 1 is 1.00 bits per heavy atom. The maximum absolute atomic E-state index is 13.4. The van der Waals surface area contributed by atoms with Crippen LogP contribution in [0.2, 0.25) is 0 Å². The first-order valence-electron chi connectivity index (χ1n) is 12.6. The smallest absolute Gasteiger partial charge is 0.456 e. The molecule has 0 atom stereocenters. The molecule has 1 saturated heterocycles. The predicted octanol–water partition coefficient (Wildman–Crippen LogP) is 5.67. The summed E-state index contributed by atoms with van der Waals surface area (Å²) in [6, 6.07) is 18.1. The van der Waals surface area contributed by atoms with Crippen LogP contribution in [0.3, 0.4) is 0 Å². The highest BCUT2D eigenvalue weighted by atomic mass is 19.4. The number of likely N-dealkylation sites (tertiary alicyclic amines) is 1. The number of alkyl halides is 3. The summed E-state index contributed by atoms with van der Waals surface area (Å²) in [4.78, 5) is 27.3. The molecular weight excluding hydrogens is 495 g/mol. The quantitative estimate of drug-likeness (QED) is 0.445. The number of hydrogen-bond donors (Lipinski definition) is 1. The Labute approximate surface area is 220 Å². The number of aromatic nitrogens is 1. The van der Waals surface area contributed by atoms with Gasteiger partial charge in [0.15, 0.2) is 0 Å². The lowest BCUT2D eigenvalue weighted by molar-refractivity contribution is -0.0892. The minimum atomic E-state index is -4.94. The molecule has 2 aromatic carbocycles. The van der Waals surface area contributed by atoms with E-state index in [1.54, 1.807) is 30.2 Å². The third-order valence-corrected chi connectivity index (χ3v) is 7.53. The summed E-state index contributed by atoms with van der Waals surface area (Å²) in [5, 5.41) is 3.63. The van der Waals surface area contributed by atoms with Crippen molar-refractivity contribution in [3.8, 4) is 16.9 Å². The summed E-state index contributed by atoms with van der Waals surface area (Å²) in [7, 11) is 1.57. The molecule has 2 aliphatic heterocycles. The first kappa shape index (κ1) is 26.0. The second-order valence-electron chi connectivity index (χ2n) is 10.7. The lowest BCUT2D eigenvalue weighted by Gasteiger charge is -2.51. The normalized spacial score (nSPS) is 18.2. The van der Waals surface area contributed by atoms with Crippen molar-refractivity contribution in [3.63, 3.8) is 0 Å². The van der Waals surface area contributed by atoms with Gasteiger partial charge in [-0.3, -0.25) is 14.9 Å². The maximum atomic E-state index is 13.4. The monoisotopic (exact) mass is 527 g/mol. The Balaban J connectivity index is 0.00000353. The molecule has 0 aliphatic carbocycles. The van der Waals surface area contributed by atoms with E-state index in [2.05, 4.69) is 5.32 Å². The molecule has 1 aromatic heterocycles. The SMILES string of the molecule is COc1cc(C(=O)N2CCC3(CC2)NC(C)(C)Cn2c(C(=O)C(F)(F)F)ccc23)ccc1-c1ccccc1.[HH]. The summed E-state index contributed by atoms with van der Waals surface area (Å²) in [5.41, 5.74) is 1.52. The molecule has 9 heteroatoms. The number of benzene rings is 2. The molecule has 0 unspecified atom stereocenters. The van der Waals surface area contributed by atoms with Gasteiger partial charge in [-0.15, -0.1) is 0 Å². The zero-order valence-electron chi connectivity index (χ0n) is 21.6. The number of carbonyl (C=O) groups is 2. The van der Waals surface area contributed by atoms with Crippen molar-refractivity contribution in [2.45, 2.75) is 50.5 Å². The summed E-state index contributed by atoms with van der Waals surface area (Å²) >= 11 is 0. The number of nitrogens with one attached hydrogen (secondary N) is 1. The van der Waals surface area contributed by atoms with Gasteiger partial charge in [0.2, 0.25) is 0 Å². The van der Waals surface area contributed by atoms with Crippen molar-refractivity contribution < 1.29 is 28.9 Å². The minimum absolute atomic E-state index is 0. The number of methoxy groups -OCH3 is 1. The van der Waals surface area contributed by atoms with Gasteiger partial charge < -0.3 is 14.2 Å². The fourth-order valence-electron chi connectivity index (χ4n) is 5.88. The first-order valence-corrected chi connectivity index (χ1v) is 12.6. The molecule has 2 aliphatic rings. The Kier molecular flexibility index (Phi) is 6.38. The van der Waals surface area contributed by atoms with Crippen LogP contribution in [0.5, 0.6) is 5.75 Å². The van der Waals surface area contributed by atoms with Gasteiger partial charge in [-0.2, -0.15) is 13.2 Å². The second-order valence-corrected chi connectivity index (χ2v) is 10.7. The van der Waals surface area contributed by atoms with Gasteiger partial charge in [-0.1, -0.05) is 30.3 Å². The lowest BCUT2D eigenvalue weighted by Crippen LogP contribution is -2.63. The number of nitrogens with zero attached hydrogens (tertiary/aromatic N) is 2. The van der Waals surface area contributed by atoms with Gasteiger partial charge in [0.1, 0.15) is 5.75 Å². The topological polar surface area (TPSA) is 63.6 Å². The molecule has 1 N–H and O–H groups in total. The summed E-state index contributed by atoms with van der Waals surface area (Å²) < 4.78 is 46.9. The Hall–Kier alpha value is -3.59. The van der Waals surface area contributed by atoms with E-state index in [0.717, 1.165) is 11.1 Å². The largest absolute Gasteiger partial charge is 0.496 e. The van der Waals surface area contributed by atoms with Crippen LogP contribution in [-0.2, 0) is 12.1 Å². The second kappa shape index (κ2) is 9.31. The number of Topliss-reactive ketones (excluding diaryl/α,β-unsaturated/α-hetero) is 1. The number of carbonyl (C=O) groups excluding carboxylic acids is 2. The fraction of sp³-hybridized carbons (Fsp3) is 0.379. The van der Waals surface area contributed by atoms with Crippen molar-refractivity contribution in [2.75, 3.05) is 20.2 Å². The third-order valence-electron chi connectivity index (χ3n) is 7.53. The van der Waals surface area contributed by atoms with E-state index < -0.39 is 23.0 Å². The van der Waals surface area contributed by atoms with Crippen LogP contribution in [0.4, 0.5) is 13.2 Å². The number of amides is 1. The minimum Gasteiger partial charge on any atom is -0.496 e. The van der Waals surface area contributed by atoms with Crippen molar-refractivity contribution >= 4 is 11.7 Å². The Morgan fingerprint density at radius 3 is 2.32 bits per heavy atom. The van der Waals surface area contributed by atoms with Crippen LogP contribution in [0.1, 0.15) is 54.7 Å². The van der Waals surface area contributed by atoms with Gasteiger partial charge >= 0.3 is 6.18 Å². The molecule has 1 fully saturated rings. The zero-order valence-corrected chi connectivity index (χ0v) is 21.6. The molecule has 1 spiro atoms. The highest BCUT2D eigenvalue weighted by molar-refractivity contribution is 5.99. The van der Waals surface area contributed by atoms with Crippen LogP contribution < -0.4 is 10.1 Å². The molecule has 202 valence electrons. The van der Waals surface area contributed by atoms with E-state index in [9.17, 15) is 22.8 Å². The van der Waals surface area contributed by atoms with Crippen molar-refractivity contribution in [3.05, 3.63) is 77.6 Å². The molecular formula is C29H32F3N3O3. The van der Waals surface area contributed by atoms with Crippen molar-refractivity contribution in [2.24, 2.45) is 0 Å². The Morgan fingerprint density at radius 2 is 1.68 bits per heavy atom. The highest BCUT2D eigenvalue weighted by Crippen LogP contribution is 2.41. The van der Waals surface area contributed by atoms with Gasteiger partial charge in [-0.05, 0) is 62.6 Å². The van der Waals surface area contributed by atoms with E-state index in [4.69, 9.17) is 4.74 Å². The number of halogens is 3. The van der Waals surface area contributed by atoms with E-state index in [1.165, 1.54) is 10.6 Å². The summed E-state index contributed by atoms with van der Waals surface area (Å²) in [5.74, 6) is -1.36. The summed E-state index contributed by atoms with van der Waals surface area (Å²) in [6.07, 6.45) is -3.93. The summed E-state index contributed by atoms with van der Waals surface area (Å²) in [6.45, 7) is 4.90. The van der Waals surface area contributed by atoms with Crippen LogP contribution >= 0.6 is 0 Å². The number of rotatable bonds is 4. The number of fused-ring (bicyclic) bond motifs is 2. The fourth-order valence-corrected chi connectivity index (χ4v) is 5.88. The van der Waals surface area contributed by atoms with Gasteiger partial charge in [0.05, 0.1) is 18.3 Å². The number of hydrogen-bond acceptors (Lipinski definition) is 4. The van der Waals surface area contributed by atoms with Crippen LogP contribution in [0, 0.1) is 0 Å². The predicted molar refractivity (Wildman–Crippen MR) is 139 cm³/mol. The third kappa shape index (κ3) is 4.60. The average molecular weight is 528 g/mol. The van der Waals surface area contributed by atoms with Gasteiger partial charge in [-0.25, -0.2) is 0 Å². The number of ether oxygens (including phenoxy) is 1. The van der Waals surface area contributed by atoms with E-state index >= 15 is 0 Å². The van der Waals surface area contributed by atoms with Crippen LogP contribution in [0.25, 0.3) is 11.1 Å². The van der Waals surface area contributed by atoms with Crippen LogP contribution in [0.15, 0.2) is 60.7 Å². The zero-order chi connectivity index (χ0) is 27.3. The van der Waals surface area contributed by atoms with E-state index in [1.807, 2.05) is 50.2 Å². The van der Waals surface area contributed by atoms with E-state index in [-0.39, 0.29) is 19.6 Å². The highest BCUT2D eigenvalue weighted by Gasteiger charge is 2.49. The van der Waals surface area contributed by atoms with Gasteiger partial charge in [0, 0.05) is 43.4 Å². The van der Waals surface area contributed by atoms with Crippen molar-refractivity contribution in [1.82, 2.24) is 14.8 Å². The van der Waals surface area contributed by atoms with Crippen LogP contribution in [-0.4, -0.2) is 53.1 Å². The molecule has 0 bridgehead atoms. The molecule has 6 nitrogen and oxygen atoms in total. The molecule has 38 heavy (non-hydrogen) atoms. The number of ketones is 1. The molecule has 0 radical (unpaired) electrons. The van der Waals surface area contributed by atoms with E-state index in [0.29, 0.717) is 42.9 Å². The molecule has 5 rings (SSSR count). The number of piperidine rings is 1. The average Bonchev–Trinajstić information content (AvgIpc) is 3.31. The molecule has 3 heterocycles. The molecule has 3 aromatic rings. The standard InChI is InChI=1S/C29H30F3N3O3.H2/c1-27(2)18-35-22(25(36)29(30,31)32)11-12-24(35)28(33-27)13-15-34(16-14-28)26(37)20-9-10-21(23(17-20)38-3)19-7-5-4-6-8-19;/h4-12,17,33H,13-16,18H2,1-3H3;1H. The Bertz CT molecular complexity index is 1380.